The molecule has 0 bridgehead atoms. The highest BCUT2D eigenvalue weighted by atomic mass is 35.5. The number of quaternary nitrogens is 1. The molecule has 0 aliphatic rings. The van der Waals surface area contributed by atoms with Crippen LogP contribution in [-0.4, -0.2) is 44.7 Å². The monoisotopic (exact) mass is 310 g/mol. The molecule has 4 nitrogen and oxygen atoms in total. The zero-order valence-corrected chi connectivity index (χ0v) is 13.8. The highest BCUT2D eigenvalue weighted by molar-refractivity contribution is 5.69. The van der Waals surface area contributed by atoms with Gasteiger partial charge in [0, 0.05) is 20.5 Å². The summed E-state index contributed by atoms with van der Waals surface area (Å²) in [4.78, 5) is 14.2. The first kappa shape index (κ1) is 19.3. The largest absolute Gasteiger partial charge is 1.00 e. The van der Waals surface area contributed by atoms with E-state index in [0.29, 0.717) is 18.3 Å². The van der Waals surface area contributed by atoms with Gasteiger partial charge in [0.25, 0.3) is 0 Å². The Bertz CT molecular complexity index is 497. The summed E-state index contributed by atoms with van der Waals surface area (Å²) in [6, 6.07) is 8.03. The first-order valence-corrected chi connectivity index (χ1v) is 6.68. The predicted molar refractivity (Wildman–Crippen MR) is 79.9 cm³/mol. The third-order valence-corrected chi connectivity index (χ3v) is 3.23. The van der Waals surface area contributed by atoms with Crippen molar-refractivity contribution >= 4 is 6.09 Å². The fourth-order valence-electron chi connectivity index (χ4n) is 1.79. The first-order chi connectivity index (χ1) is 9.43. The van der Waals surface area contributed by atoms with Crippen LogP contribution in [-0.2, 0) is 6.42 Å². The van der Waals surface area contributed by atoms with Gasteiger partial charge in [0.2, 0.25) is 0 Å². The Morgan fingerprint density at radius 3 is 2.71 bits per heavy atom. The minimum Gasteiger partial charge on any atom is -1.00 e. The number of hydrogen-bond donors (Lipinski definition) is 1. The third-order valence-electron chi connectivity index (χ3n) is 3.23. The van der Waals surface area contributed by atoms with Gasteiger partial charge in [0.15, 0.2) is 0 Å². The molecule has 0 fully saturated rings. The number of nitrogens with zero attached hydrogens (tertiary/aromatic N) is 1. The van der Waals surface area contributed by atoms with Crippen LogP contribution in [0, 0.1) is 12.3 Å². The average molecular weight is 311 g/mol. The molecular formula is C16H23ClN2O2. The smallest absolute Gasteiger partial charge is 0.414 e. The molecule has 0 aromatic heterocycles. The molecule has 1 aromatic rings. The van der Waals surface area contributed by atoms with Crippen molar-refractivity contribution in [1.29, 1.82) is 0 Å². The molecule has 0 spiro atoms. The van der Waals surface area contributed by atoms with E-state index in [2.05, 4.69) is 19.9 Å². The van der Waals surface area contributed by atoms with Crippen LogP contribution in [0.2, 0.25) is 0 Å². The van der Waals surface area contributed by atoms with E-state index >= 15 is 0 Å². The summed E-state index contributed by atoms with van der Waals surface area (Å²) >= 11 is 0. The third kappa shape index (κ3) is 6.52. The summed E-state index contributed by atoms with van der Waals surface area (Å²) in [5.41, 5.74) is 1.14. The van der Waals surface area contributed by atoms with E-state index in [1.807, 2.05) is 18.2 Å². The minimum absolute atomic E-state index is 0. The van der Waals surface area contributed by atoms with E-state index in [-0.39, 0.29) is 18.5 Å². The number of rotatable bonds is 5. The van der Waals surface area contributed by atoms with Crippen LogP contribution in [0.25, 0.3) is 0 Å². The Hall–Kier alpha value is -1.70. The fourth-order valence-corrected chi connectivity index (χ4v) is 1.79. The summed E-state index contributed by atoms with van der Waals surface area (Å²) in [5, 5.41) is 0. The summed E-state index contributed by atoms with van der Waals surface area (Å²) in [6.45, 7) is 2.86. The number of benzene rings is 1. The van der Waals surface area contributed by atoms with Gasteiger partial charge in [-0.2, -0.15) is 0 Å². The normalized spacial score (nSPS) is 12.5. The first-order valence-electron chi connectivity index (χ1n) is 6.68. The van der Waals surface area contributed by atoms with Gasteiger partial charge in [0.1, 0.15) is 12.3 Å². The van der Waals surface area contributed by atoms with Gasteiger partial charge in [0.05, 0.1) is 13.1 Å². The van der Waals surface area contributed by atoms with Gasteiger partial charge in [-0.25, -0.2) is 4.79 Å². The fraction of sp³-hybridized carbons (Fsp3) is 0.438. The lowest BCUT2D eigenvalue weighted by molar-refractivity contribution is -0.896. The van der Waals surface area contributed by atoms with E-state index < -0.39 is 0 Å². The van der Waals surface area contributed by atoms with Gasteiger partial charge in [-0.3, -0.25) is 0 Å². The maximum absolute atomic E-state index is 11.5. The maximum atomic E-state index is 11.5. The molecule has 0 aliphatic heterocycles. The second-order valence-electron chi connectivity index (χ2n) is 5.24. The summed E-state index contributed by atoms with van der Waals surface area (Å²) in [6.07, 6.45) is 5.85. The quantitative estimate of drug-likeness (QED) is 0.628. The Morgan fingerprint density at radius 1 is 1.48 bits per heavy atom. The van der Waals surface area contributed by atoms with Gasteiger partial charge < -0.3 is 26.9 Å². The second-order valence-corrected chi connectivity index (χ2v) is 5.24. The number of halogens is 1. The molecule has 2 atom stereocenters. The van der Waals surface area contributed by atoms with Gasteiger partial charge in [-0.1, -0.05) is 12.1 Å². The van der Waals surface area contributed by atoms with E-state index in [0.717, 1.165) is 12.0 Å². The number of likely N-dealkylation sites (N-methyl/N-ethyl adjacent to an activating group) is 1. The van der Waals surface area contributed by atoms with E-state index in [4.69, 9.17) is 11.2 Å². The van der Waals surface area contributed by atoms with Crippen molar-refractivity contribution in [2.24, 2.45) is 0 Å². The molecule has 1 rings (SSSR count). The number of hydrogen-bond acceptors (Lipinski definition) is 2. The lowest BCUT2D eigenvalue weighted by atomic mass is 10.1. The molecule has 0 saturated carbocycles. The zero-order chi connectivity index (χ0) is 15.1. The topological polar surface area (TPSA) is 34.0 Å². The number of terminal acetylenes is 1. The molecule has 1 amide bonds. The van der Waals surface area contributed by atoms with Crippen molar-refractivity contribution in [3.63, 3.8) is 0 Å². The summed E-state index contributed by atoms with van der Waals surface area (Å²) < 4.78 is 5.25. The van der Waals surface area contributed by atoms with Crippen molar-refractivity contribution in [3.05, 3.63) is 29.8 Å². The van der Waals surface area contributed by atoms with Crippen LogP contribution in [0.3, 0.4) is 0 Å². The van der Waals surface area contributed by atoms with Crippen LogP contribution < -0.4 is 22.0 Å². The summed E-state index contributed by atoms with van der Waals surface area (Å²) in [5.74, 6) is 3.24. The maximum Gasteiger partial charge on any atom is 0.414 e. The lowest BCUT2D eigenvalue weighted by Gasteiger charge is -2.19. The number of carbonyl (C=O) groups excluding carboxylic acids is 1. The average Bonchev–Trinajstić information content (AvgIpc) is 2.39. The van der Waals surface area contributed by atoms with Crippen molar-refractivity contribution < 1.29 is 26.8 Å². The van der Waals surface area contributed by atoms with Crippen LogP contribution in [0.5, 0.6) is 5.75 Å². The molecule has 0 saturated heterocycles. The summed E-state index contributed by atoms with van der Waals surface area (Å²) in [7, 11) is 5.40. The second kappa shape index (κ2) is 9.28. The molecule has 1 aromatic carbocycles. The van der Waals surface area contributed by atoms with Crippen LogP contribution in [0.15, 0.2) is 24.3 Å². The molecule has 0 heterocycles. The zero-order valence-electron chi connectivity index (χ0n) is 13.0. The Morgan fingerprint density at radius 2 is 2.14 bits per heavy atom. The van der Waals surface area contributed by atoms with Gasteiger partial charge in [-0.05, 0) is 30.5 Å². The van der Waals surface area contributed by atoms with Crippen LogP contribution in [0.1, 0.15) is 12.5 Å². The molecule has 0 aliphatic carbocycles. The molecule has 2 unspecified atom stereocenters. The van der Waals surface area contributed by atoms with Crippen molar-refractivity contribution in [2.45, 2.75) is 19.4 Å². The van der Waals surface area contributed by atoms with E-state index in [1.54, 1.807) is 20.2 Å². The van der Waals surface area contributed by atoms with Crippen molar-refractivity contribution in [2.75, 3.05) is 27.7 Å². The highest BCUT2D eigenvalue weighted by Gasteiger charge is 2.13. The molecule has 116 valence electrons. The Balaban J connectivity index is 0.00000400. The SMILES string of the molecule is C#CC[NH+](C)C(C)Cc1cccc(OC(=O)N(C)C)c1.[Cl-]. The number of amides is 1. The van der Waals surface area contributed by atoms with Crippen molar-refractivity contribution in [3.8, 4) is 18.1 Å². The minimum atomic E-state index is -0.370. The molecule has 21 heavy (non-hydrogen) atoms. The molecule has 1 N–H and O–H groups in total. The van der Waals surface area contributed by atoms with Crippen molar-refractivity contribution in [1.82, 2.24) is 4.90 Å². The van der Waals surface area contributed by atoms with Gasteiger partial charge >= 0.3 is 6.09 Å². The van der Waals surface area contributed by atoms with Crippen LogP contribution in [0.4, 0.5) is 4.79 Å². The van der Waals surface area contributed by atoms with Crippen LogP contribution >= 0.6 is 0 Å². The number of carbonyl (C=O) groups is 1. The Labute approximate surface area is 133 Å². The number of nitrogens with one attached hydrogen (secondary N) is 1. The van der Waals surface area contributed by atoms with E-state index in [9.17, 15) is 4.79 Å². The standard InChI is InChI=1S/C16H22N2O2.ClH/c1-6-10-18(5)13(2)11-14-8-7-9-15(12-14)20-16(19)17(3)4;/h1,7-9,12-13H,10-11H2,2-5H3;1H. The van der Waals surface area contributed by atoms with Gasteiger partial charge in [-0.15, -0.1) is 6.42 Å². The predicted octanol–water partition coefficient (Wildman–Crippen LogP) is -2.17. The molecular weight excluding hydrogens is 288 g/mol. The molecule has 0 radical (unpaired) electrons. The van der Waals surface area contributed by atoms with E-state index in [1.165, 1.54) is 9.80 Å². The Kier molecular flexibility index (Phi) is 8.52. The lowest BCUT2D eigenvalue weighted by Crippen LogP contribution is -3.12. The number of ether oxygens (including phenoxy) is 1. The highest BCUT2D eigenvalue weighted by Crippen LogP contribution is 2.15. The molecule has 5 heteroatoms.